The normalized spacial score (nSPS) is 15.4. The molecule has 1 aromatic carbocycles. The predicted molar refractivity (Wildman–Crippen MR) is 76.2 cm³/mol. The Bertz CT molecular complexity index is 386. The van der Waals surface area contributed by atoms with Crippen LogP contribution in [0.3, 0.4) is 0 Å². The standard InChI is InChI=1S/C14H19Cl2N/c1-10(2)17(9-11-3-4-11)13-6-5-12(8-15)14(16)7-13/h5-7,10-11H,3-4,8-9H2,1-2H3. The molecule has 0 radical (unpaired) electrons. The minimum Gasteiger partial charge on any atom is -0.369 e. The highest BCUT2D eigenvalue weighted by Crippen LogP contribution is 2.33. The second-order valence-electron chi connectivity index (χ2n) is 5.10. The quantitative estimate of drug-likeness (QED) is 0.702. The van der Waals surface area contributed by atoms with Gasteiger partial charge in [-0.1, -0.05) is 17.7 Å². The van der Waals surface area contributed by atoms with Gasteiger partial charge in [-0.3, -0.25) is 0 Å². The number of alkyl halides is 1. The zero-order valence-corrected chi connectivity index (χ0v) is 11.9. The lowest BCUT2D eigenvalue weighted by Gasteiger charge is -2.29. The molecule has 0 amide bonds. The van der Waals surface area contributed by atoms with Crippen molar-refractivity contribution in [3.8, 4) is 0 Å². The maximum Gasteiger partial charge on any atom is 0.0488 e. The SMILES string of the molecule is CC(C)N(CC1CC1)c1ccc(CCl)c(Cl)c1. The number of hydrogen-bond donors (Lipinski definition) is 0. The number of hydrogen-bond acceptors (Lipinski definition) is 1. The lowest BCUT2D eigenvalue weighted by atomic mass is 10.1. The van der Waals surface area contributed by atoms with Crippen LogP contribution in [-0.4, -0.2) is 12.6 Å². The molecule has 0 N–H and O–H groups in total. The summed E-state index contributed by atoms with van der Waals surface area (Å²) in [4.78, 5) is 2.43. The molecule has 0 unspecified atom stereocenters. The van der Waals surface area contributed by atoms with Crippen molar-refractivity contribution in [2.45, 2.75) is 38.6 Å². The topological polar surface area (TPSA) is 3.24 Å². The third-order valence-electron chi connectivity index (χ3n) is 3.29. The molecule has 1 saturated carbocycles. The molecule has 0 spiro atoms. The van der Waals surface area contributed by atoms with E-state index in [0.717, 1.165) is 23.0 Å². The zero-order chi connectivity index (χ0) is 12.4. The molecule has 1 aromatic rings. The Kier molecular flexibility index (Phi) is 4.22. The zero-order valence-electron chi connectivity index (χ0n) is 10.4. The highest BCUT2D eigenvalue weighted by molar-refractivity contribution is 6.32. The van der Waals surface area contributed by atoms with Crippen LogP contribution >= 0.6 is 23.2 Å². The Balaban J connectivity index is 2.19. The summed E-state index contributed by atoms with van der Waals surface area (Å²) in [6.45, 7) is 5.60. The van der Waals surface area contributed by atoms with Gasteiger partial charge in [-0.25, -0.2) is 0 Å². The highest BCUT2D eigenvalue weighted by Gasteiger charge is 2.25. The van der Waals surface area contributed by atoms with Crippen LogP contribution < -0.4 is 4.90 Å². The van der Waals surface area contributed by atoms with Gasteiger partial charge in [0.1, 0.15) is 0 Å². The molecular formula is C14H19Cl2N. The molecule has 2 rings (SSSR count). The van der Waals surface area contributed by atoms with Gasteiger partial charge in [-0.15, -0.1) is 11.6 Å². The van der Waals surface area contributed by atoms with Crippen molar-refractivity contribution < 1.29 is 0 Å². The van der Waals surface area contributed by atoms with Crippen molar-refractivity contribution >= 4 is 28.9 Å². The summed E-state index contributed by atoms with van der Waals surface area (Å²) in [6, 6.07) is 6.72. The molecule has 1 aliphatic carbocycles. The Morgan fingerprint density at radius 2 is 2.06 bits per heavy atom. The minimum absolute atomic E-state index is 0.476. The van der Waals surface area contributed by atoms with Crippen molar-refractivity contribution in [1.82, 2.24) is 0 Å². The molecular weight excluding hydrogens is 253 g/mol. The summed E-state index contributed by atoms with van der Waals surface area (Å²) in [7, 11) is 0. The molecule has 0 bridgehead atoms. The van der Waals surface area contributed by atoms with Gasteiger partial charge < -0.3 is 4.90 Å². The van der Waals surface area contributed by atoms with Gasteiger partial charge in [0, 0.05) is 29.2 Å². The number of benzene rings is 1. The third kappa shape index (κ3) is 3.29. The van der Waals surface area contributed by atoms with Crippen molar-refractivity contribution in [2.75, 3.05) is 11.4 Å². The summed E-state index contributed by atoms with van der Waals surface area (Å²) < 4.78 is 0. The van der Waals surface area contributed by atoms with E-state index in [4.69, 9.17) is 23.2 Å². The number of rotatable bonds is 5. The Labute approximate surface area is 114 Å². The van der Waals surface area contributed by atoms with Gasteiger partial charge >= 0.3 is 0 Å². The van der Waals surface area contributed by atoms with Crippen molar-refractivity contribution in [3.05, 3.63) is 28.8 Å². The van der Waals surface area contributed by atoms with E-state index in [-0.39, 0.29) is 0 Å². The van der Waals surface area contributed by atoms with Crippen LogP contribution in [0, 0.1) is 5.92 Å². The Morgan fingerprint density at radius 3 is 2.53 bits per heavy atom. The van der Waals surface area contributed by atoms with Crippen LogP contribution in [0.4, 0.5) is 5.69 Å². The van der Waals surface area contributed by atoms with Gasteiger partial charge in [-0.2, -0.15) is 0 Å². The third-order valence-corrected chi connectivity index (χ3v) is 3.93. The largest absolute Gasteiger partial charge is 0.369 e. The molecule has 0 heterocycles. The van der Waals surface area contributed by atoms with Crippen LogP contribution in [0.15, 0.2) is 18.2 Å². The molecule has 0 aromatic heterocycles. The van der Waals surface area contributed by atoms with Crippen LogP contribution in [0.2, 0.25) is 5.02 Å². The van der Waals surface area contributed by atoms with Crippen LogP contribution in [0.25, 0.3) is 0 Å². The van der Waals surface area contributed by atoms with Gasteiger partial charge in [0.15, 0.2) is 0 Å². The smallest absolute Gasteiger partial charge is 0.0488 e. The minimum atomic E-state index is 0.476. The number of halogens is 2. The van der Waals surface area contributed by atoms with E-state index in [0.29, 0.717) is 11.9 Å². The van der Waals surface area contributed by atoms with Crippen LogP contribution in [-0.2, 0) is 5.88 Å². The van der Waals surface area contributed by atoms with E-state index in [1.54, 1.807) is 0 Å². The summed E-state index contributed by atoms with van der Waals surface area (Å²) in [5.41, 5.74) is 2.22. The first-order valence-electron chi connectivity index (χ1n) is 6.23. The fraction of sp³-hybridized carbons (Fsp3) is 0.571. The monoisotopic (exact) mass is 271 g/mol. The average Bonchev–Trinajstić information content (AvgIpc) is 3.09. The van der Waals surface area contributed by atoms with Gasteiger partial charge in [0.05, 0.1) is 0 Å². The second kappa shape index (κ2) is 5.49. The fourth-order valence-electron chi connectivity index (χ4n) is 2.02. The fourth-order valence-corrected chi connectivity index (χ4v) is 2.56. The molecule has 1 aliphatic rings. The first-order chi connectivity index (χ1) is 8.11. The number of anilines is 1. The average molecular weight is 272 g/mol. The summed E-state index contributed by atoms with van der Waals surface area (Å²) in [5.74, 6) is 1.35. The van der Waals surface area contributed by atoms with Crippen LogP contribution in [0.5, 0.6) is 0 Å². The van der Waals surface area contributed by atoms with E-state index in [1.807, 2.05) is 12.1 Å². The Morgan fingerprint density at radius 1 is 1.35 bits per heavy atom. The van der Waals surface area contributed by atoms with Crippen molar-refractivity contribution in [2.24, 2.45) is 5.92 Å². The maximum atomic E-state index is 6.22. The molecule has 0 aliphatic heterocycles. The molecule has 0 saturated heterocycles. The first-order valence-corrected chi connectivity index (χ1v) is 7.14. The molecule has 1 fully saturated rings. The van der Waals surface area contributed by atoms with Crippen molar-refractivity contribution in [1.29, 1.82) is 0 Å². The van der Waals surface area contributed by atoms with Gasteiger partial charge in [0.2, 0.25) is 0 Å². The van der Waals surface area contributed by atoms with E-state index in [2.05, 4.69) is 24.8 Å². The molecule has 17 heavy (non-hydrogen) atoms. The molecule has 0 atom stereocenters. The van der Waals surface area contributed by atoms with Crippen LogP contribution in [0.1, 0.15) is 32.3 Å². The van der Waals surface area contributed by atoms with Gasteiger partial charge in [-0.05, 0) is 50.3 Å². The molecule has 3 heteroatoms. The first kappa shape index (κ1) is 13.0. The highest BCUT2D eigenvalue weighted by atomic mass is 35.5. The van der Waals surface area contributed by atoms with Crippen molar-refractivity contribution in [3.63, 3.8) is 0 Å². The Hall–Kier alpha value is -0.400. The maximum absolute atomic E-state index is 6.22. The number of nitrogens with zero attached hydrogens (tertiary/aromatic N) is 1. The predicted octanol–water partition coefficient (Wildman–Crippen LogP) is 4.70. The summed E-state index contributed by atoms with van der Waals surface area (Å²) in [6.07, 6.45) is 2.74. The summed E-state index contributed by atoms with van der Waals surface area (Å²) >= 11 is 12.0. The molecule has 1 nitrogen and oxygen atoms in total. The second-order valence-corrected chi connectivity index (χ2v) is 5.77. The lowest BCUT2D eigenvalue weighted by molar-refractivity contribution is 0.645. The lowest BCUT2D eigenvalue weighted by Crippen LogP contribution is -2.32. The van der Waals surface area contributed by atoms with E-state index in [9.17, 15) is 0 Å². The molecule has 94 valence electrons. The summed E-state index contributed by atoms with van der Waals surface area (Å²) in [5, 5.41) is 0.777. The van der Waals surface area contributed by atoms with E-state index >= 15 is 0 Å². The van der Waals surface area contributed by atoms with E-state index in [1.165, 1.54) is 18.5 Å². The van der Waals surface area contributed by atoms with E-state index < -0.39 is 0 Å². The van der Waals surface area contributed by atoms with Gasteiger partial charge in [0.25, 0.3) is 0 Å².